The van der Waals surface area contributed by atoms with Crippen LogP contribution in [0.5, 0.6) is 11.5 Å². The molecule has 1 aliphatic heterocycles. The third-order valence-electron chi connectivity index (χ3n) is 10.9. The second kappa shape index (κ2) is 10.8. The standard InChI is InChI=1S/C47H26N4O3/c1-2-8-28-23-38-34(22-27(28)7-1)33-14-13-29(24-37(33)47(38)35-9-3-5-11-41(35)52-42-12-6-4-10-36(42)47)30-19-31(45-50-39-15-17-48-25-43(39)53-45)21-32(20-30)46-51-40-16-18-49-26-44(40)54-46/h1-26H. The van der Waals surface area contributed by atoms with E-state index in [9.17, 15) is 0 Å². The van der Waals surface area contributed by atoms with Gasteiger partial charge in [-0.3, -0.25) is 9.97 Å². The van der Waals surface area contributed by atoms with Gasteiger partial charge < -0.3 is 13.6 Å². The summed E-state index contributed by atoms with van der Waals surface area (Å²) >= 11 is 0. The minimum absolute atomic E-state index is 0.489. The summed E-state index contributed by atoms with van der Waals surface area (Å²) in [5.74, 6) is 2.69. The Kier molecular flexibility index (Phi) is 5.86. The van der Waals surface area contributed by atoms with Gasteiger partial charge in [-0.05, 0) is 105 Å². The fourth-order valence-corrected chi connectivity index (χ4v) is 8.61. The molecular formula is C47H26N4O3. The highest BCUT2D eigenvalue weighted by atomic mass is 16.5. The summed E-state index contributed by atoms with van der Waals surface area (Å²) in [6.07, 6.45) is 6.82. The number of hydrogen-bond acceptors (Lipinski definition) is 7. The average molecular weight is 695 g/mol. The summed E-state index contributed by atoms with van der Waals surface area (Å²) in [5, 5.41) is 2.40. The molecule has 2 aliphatic rings. The summed E-state index contributed by atoms with van der Waals surface area (Å²) in [4.78, 5) is 18.2. The van der Waals surface area contributed by atoms with Crippen molar-refractivity contribution < 1.29 is 13.6 Å². The van der Waals surface area contributed by atoms with Crippen molar-refractivity contribution in [2.45, 2.75) is 5.41 Å². The molecule has 0 bridgehead atoms. The van der Waals surface area contributed by atoms with Crippen molar-refractivity contribution in [2.75, 3.05) is 0 Å². The maximum atomic E-state index is 6.63. The highest BCUT2D eigenvalue weighted by Crippen LogP contribution is 2.63. The third-order valence-corrected chi connectivity index (χ3v) is 10.9. The van der Waals surface area contributed by atoms with Crippen molar-refractivity contribution in [3.8, 4) is 56.7 Å². The number of benzene rings is 6. The van der Waals surface area contributed by atoms with Gasteiger partial charge in [-0.15, -0.1) is 0 Å². The first-order chi connectivity index (χ1) is 26.7. The van der Waals surface area contributed by atoms with Gasteiger partial charge in [0.1, 0.15) is 22.5 Å². The van der Waals surface area contributed by atoms with E-state index in [0.29, 0.717) is 22.9 Å². The SMILES string of the molecule is c1ccc2c(c1)Oc1ccccc1C21c2cc(-c3cc(-c4nc5ccncc5o4)cc(-c4nc5ccncc5o4)c3)ccc2-c2cc3ccccc3cc21. The lowest BCUT2D eigenvalue weighted by atomic mass is 9.65. The lowest BCUT2D eigenvalue weighted by Gasteiger charge is -2.39. The van der Waals surface area contributed by atoms with Crippen LogP contribution in [0.15, 0.2) is 167 Å². The monoisotopic (exact) mass is 694 g/mol. The van der Waals surface area contributed by atoms with Gasteiger partial charge in [0.05, 0.1) is 17.8 Å². The first kappa shape index (κ1) is 29.2. The van der Waals surface area contributed by atoms with Gasteiger partial charge in [0, 0.05) is 34.6 Å². The quantitative estimate of drug-likeness (QED) is 0.182. The summed E-state index contributed by atoms with van der Waals surface area (Å²) in [6, 6.07) is 47.1. The molecule has 0 atom stereocenters. The third kappa shape index (κ3) is 4.06. The van der Waals surface area contributed by atoms with Gasteiger partial charge in [-0.1, -0.05) is 72.8 Å². The zero-order chi connectivity index (χ0) is 35.4. The van der Waals surface area contributed by atoms with Crippen LogP contribution < -0.4 is 4.74 Å². The minimum Gasteiger partial charge on any atom is -0.457 e. The Bertz CT molecular complexity index is 2970. The van der Waals surface area contributed by atoms with E-state index in [1.807, 2.05) is 30.3 Å². The highest BCUT2D eigenvalue weighted by Gasteiger charge is 2.51. The number of fused-ring (bicyclic) bond motifs is 12. The van der Waals surface area contributed by atoms with Crippen LogP contribution >= 0.6 is 0 Å². The van der Waals surface area contributed by atoms with Crippen molar-refractivity contribution in [3.05, 3.63) is 181 Å². The number of nitrogens with zero attached hydrogens (tertiary/aromatic N) is 4. The number of para-hydroxylation sites is 2. The van der Waals surface area contributed by atoms with Crippen LogP contribution in [0.4, 0.5) is 0 Å². The molecule has 0 radical (unpaired) electrons. The molecular weight excluding hydrogens is 669 g/mol. The molecule has 6 aromatic carbocycles. The predicted octanol–water partition coefficient (Wildman–Crippen LogP) is 11.4. The molecule has 0 saturated carbocycles. The molecule has 4 aromatic heterocycles. The van der Waals surface area contributed by atoms with Gasteiger partial charge in [0.25, 0.3) is 0 Å². The molecule has 0 saturated heterocycles. The van der Waals surface area contributed by atoms with Crippen LogP contribution in [-0.4, -0.2) is 19.9 Å². The van der Waals surface area contributed by atoms with E-state index in [2.05, 4.69) is 113 Å². The molecule has 0 fully saturated rings. The Morgan fingerprint density at radius 3 is 1.61 bits per heavy atom. The first-order valence-electron chi connectivity index (χ1n) is 17.8. The molecule has 252 valence electrons. The van der Waals surface area contributed by atoms with E-state index in [1.54, 1.807) is 24.8 Å². The molecule has 1 spiro atoms. The summed E-state index contributed by atoms with van der Waals surface area (Å²) < 4.78 is 19.2. The number of hydrogen-bond donors (Lipinski definition) is 0. The Morgan fingerprint density at radius 2 is 0.981 bits per heavy atom. The fourth-order valence-electron chi connectivity index (χ4n) is 8.61. The van der Waals surface area contributed by atoms with Crippen LogP contribution in [0.1, 0.15) is 22.3 Å². The molecule has 5 heterocycles. The number of oxazole rings is 2. The summed E-state index contributed by atoms with van der Waals surface area (Å²) in [6.45, 7) is 0. The molecule has 12 rings (SSSR count). The maximum absolute atomic E-state index is 6.63. The molecule has 10 aromatic rings. The minimum atomic E-state index is -0.628. The molecule has 7 heteroatoms. The second-order valence-corrected chi connectivity index (χ2v) is 13.9. The van der Waals surface area contributed by atoms with Gasteiger partial charge >= 0.3 is 0 Å². The van der Waals surface area contributed by atoms with Gasteiger partial charge in [-0.2, -0.15) is 0 Å². The van der Waals surface area contributed by atoms with Crippen molar-refractivity contribution in [3.63, 3.8) is 0 Å². The normalized spacial score (nSPS) is 13.5. The van der Waals surface area contributed by atoms with E-state index >= 15 is 0 Å². The lowest BCUT2D eigenvalue weighted by Crippen LogP contribution is -2.32. The van der Waals surface area contributed by atoms with E-state index in [4.69, 9.17) is 23.5 Å². The van der Waals surface area contributed by atoms with Crippen LogP contribution in [-0.2, 0) is 5.41 Å². The van der Waals surface area contributed by atoms with Crippen LogP contribution in [0.25, 0.3) is 78.1 Å². The van der Waals surface area contributed by atoms with Crippen molar-refractivity contribution in [2.24, 2.45) is 0 Å². The van der Waals surface area contributed by atoms with Crippen LogP contribution in [0.3, 0.4) is 0 Å². The van der Waals surface area contributed by atoms with Crippen LogP contribution in [0.2, 0.25) is 0 Å². The van der Waals surface area contributed by atoms with E-state index in [1.165, 1.54) is 33.0 Å². The Hall–Kier alpha value is -7.38. The number of ether oxygens (including phenoxy) is 1. The number of pyridine rings is 2. The molecule has 7 nitrogen and oxygen atoms in total. The van der Waals surface area contributed by atoms with Crippen LogP contribution in [0, 0.1) is 0 Å². The fraction of sp³-hybridized carbons (Fsp3) is 0.0213. The van der Waals surface area contributed by atoms with Gasteiger partial charge in [-0.25, -0.2) is 9.97 Å². The summed E-state index contributed by atoms with van der Waals surface area (Å²) in [5.41, 5.74) is 12.8. The van der Waals surface area contributed by atoms with Crippen molar-refractivity contribution in [1.82, 2.24) is 19.9 Å². The topological polar surface area (TPSA) is 87.1 Å². The number of rotatable bonds is 3. The Morgan fingerprint density at radius 1 is 0.426 bits per heavy atom. The van der Waals surface area contributed by atoms with Crippen molar-refractivity contribution >= 4 is 33.0 Å². The maximum Gasteiger partial charge on any atom is 0.227 e. The predicted molar refractivity (Wildman–Crippen MR) is 208 cm³/mol. The van der Waals surface area contributed by atoms with E-state index < -0.39 is 5.41 Å². The van der Waals surface area contributed by atoms with Gasteiger partial charge in [0.2, 0.25) is 11.8 Å². The molecule has 0 unspecified atom stereocenters. The largest absolute Gasteiger partial charge is 0.457 e. The second-order valence-electron chi connectivity index (χ2n) is 13.9. The molecule has 54 heavy (non-hydrogen) atoms. The Balaban J connectivity index is 1.14. The summed E-state index contributed by atoms with van der Waals surface area (Å²) in [7, 11) is 0. The molecule has 0 amide bonds. The first-order valence-corrected chi connectivity index (χ1v) is 17.8. The zero-order valence-electron chi connectivity index (χ0n) is 28.5. The molecule has 0 N–H and O–H groups in total. The smallest absolute Gasteiger partial charge is 0.227 e. The van der Waals surface area contributed by atoms with E-state index in [-0.39, 0.29) is 0 Å². The number of aromatic nitrogens is 4. The Labute approximate surface area is 308 Å². The van der Waals surface area contributed by atoms with Crippen molar-refractivity contribution in [1.29, 1.82) is 0 Å². The average Bonchev–Trinajstić information content (AvgIpc) is 3.94. The zero-order valence-corrected chi connectivity index (χ0v) is 28.5. The molecule has 1 aliphatic carbocycles. The van der Waals surface area contributed by atoms with E-state index in [0.717, 1.165) is 55.9 Å². The highest BCUT2D eigenvalue weighted by molar-refractivity contribution is 5.98. The lowest BCUT2D eigenvalue weighted by molar-refractivity contribution is 0.436. The van der Waals surface area contributed by atoms with Gasteiger partial charge in [0.15, 0.2) is 11.2 Å².